The zero-order valence-electron chi connectivity index (χ0n) is 43.1. The molecule has 0 spiro atoms. The summed E-state index contributed by atoms with van der Waals surface area (Å²) in [5.74, 6) is -1.03. The second-order valence-corrected chi connectivity index (χ2v) is 17.4. The van der Waals surface area contributed by atoms with E-state index >= 15 is 0 Å². The molecular weight excluding hydrogens is 829 g/mol. The Kier molecular flexibility index (Phi) is 51.0. The maximum absolute atomic E-state index is 12.8. The van der Waals surface area contributed by atoms with E-state index in [9.17, 15) is 14.4 Å². The highest BCUT2D eigenvalue weighted by molar-refractivity contribution is 5.71. The molecule has 0 aliphatic rings. The molecule has 378 valence electrons. The van der Waals surface area contributed by atoms with Crippen LogP contribution < -0.4 is 0 Å². The molecule has 6 heteroatoms. The van der Waals surface area contributed by atoms with Gasteiger partial charge in [0.1, 0.15) is 13.2 Å². The zero-order valence-corrected chi connectivity index (χ0v) is 43.1. The molecule has 0 saturated carbocycles. The van der Waals surface area contributed by atoms with Gasteiger partial charge in [0.25, 0.3) is 0 Å². The fourth-order valence-electron chi connectivity index (χ4n) is 6.95. The molecule has 67 heavy (non-hydrogen) atoms. The van der Waals surface area contributed by atoms with Gasteiger partial charge in [0.05, 0.1) is 0 Å². The maximum atomic E-state index is 12.8. The van der Waals surface area contributed by atoms with Gasteiger partial charge < -0.3 is 14.2 Å². The minimum Gasteiger partial charge on any atom is -0.462 e. The molecule has 1 unspecified atom stereocenters. The minimum absolute atomic E-state index is 0.116. The van der Waals surface area contributed by atoms with Crippen molar-refractivity contribution in [2.24, 2.45) is 0 Å². The molecule has 0 aromatic carbocycles. The molecule has 0 bridgehead atoms. The first kappa shape index (κ1) is 62.8. The predicted molar refractivity (Wildman–Crippen MR) is 288 cm³/mol. The van der Waals surface area contributed by atoms with Crippen molar-refractivity contribution < 1.29 is 28.6 Å². The van der Waals surface area contributed by atoms with Gasteiger partial charge in [-0.05, 0) is 116 Å². The number of hydrogen-bond acceptors (Lipinski definition) is 6. The Morgan fingerprint density at radius 2 is 0.612 bits per heavy atom. The Labute approximate surface area is 412 Å². The van der Waals surface area contributed by atoms with Crippen molar-refractivity contribution in [2.45, 2.75) is 232 Å². The van der Waals surface area contributed by atoms with Gasteiger partial charge in [-0.3, -0.25) is 14.4 Å². The van der Waals surface area contributed by atoms with Crippen molar-refractivity contribution in [1.82, 2.24) is 0 Å². The molecule has 0 N–H and O–H groups in total. The lowest BCUT2D eigenvalue weighted by Gasteiger charge is -2.18. The second-order valence-electron chi connectivity index (χ2n) is 17.4. The molecule has 0 saturated heterocycles. The van der Waals surface area contributed by atoms with Crippen LogP contribution in [0.4, 0.5) is 0 Å². The number of allylic oxidation sites excluding steroid dienone is 20. The molecule has 6 nitrogen and oxygen atoms in total. The minimum atomic E-state index is -0.825. The van der Waals surface area contributed by atoms with Crippen molar-refractivity contribution in [3.05, 3.63) is 122 Å². The molecule has 0 fully saturated rings. The highest BCUT2D eigenvalue weighted by Crippen LogP contribution is 2.13. The van der Waals surface area contributed by atoms with Gasteiger partial charge in [-0.25, -0.2) is 0 Å². The van der Waals surface area contributed by atoms with Crippen LogP contribution in [0.5, 0.6) is 0 Å². The average Bonchev–Trinajstić information content (AvgIpc) is 3.33. The van der Waals surface area contributed by atoms with Gasteiger partial charge in [-0.2, -0.15) is 0 Å². The fraction of sp³-hybridized carbons (Fsp3) is 0.623. The van der Waals surface area contributed by atoms with Crippen LogP contribution in [0.25, 0.3) is 0 Å². The summed E-state index contributed by atoms with van der Waals surface area (Å²) in [6.45, 7) is 6.29. The van der Waals surface area contributed by atoms with Crippen LogP contribution in [-0.2, 0) is 28.6 Å². The van der Waals surface area contributed by atoms with Crippen LogP contribution in [-0.4, -0.2) is 37.2 Å². The van der Waals surface area contributed by atoms with Crippen molar-refractivity contribution in [2.75, 3.05) is 13.2 Å². The third-order valence-corrected chi connectivity index (χ3v) is 10.9. The number of rotatable bonds is 47. The largest absolute Gasteiger partial charge is 0.462 e. The highest BCUT2D eigenvalue weighted by atomic mass is 16.6. The quantitative estimate of drug-likeness (QED) is 0.0262. The first-order valence-electron chi connectivity index (χ1n) is 27.0. The van der Waals surface area contributed by atoms with E-state index in [1.54, 1.807) is 0 Å². The molecule has 0 aromatic rings. The summed E-state index contributed by atoms with van der Waals surface area (Å²) in [6, 6.07) is 0. The van der Waals surface area contributed by atoms with E-state index in [0.29, 0.717) is 12.8 Å². The van der Waals surface area contributed by atoms with E-state index in [4.69, 9.17) is 14.2 Å². The van der Waals surface area contributed by atoms with Gasteiger partial charge in [0.15, 0.2) is 6.10 Å². The molecule has 1 atom stereocenters. The van der Waals surface area contributed by atoms with Crippen LogP contribution in [0, 0.1) is 0 Å². The van der Waals surface area contributed by atoms with Crippen LogP contribution in [0.2, 0.25) is 0 Å². The van der Waals surface area contributed by atoms with Gasteiger partial charge >= 0.3 is 17.9 Å². The molecule has 0 rings (SSSR count). The summed E-state index contributed by atoms with van der Waals surface area (Å²) in [4.78, 5) is 38.0. The fourth-order valence-corrected chi connectivity index (χ4v) is 6.95. The molecule has 0 amide bonds. The Balaban J connectivity index is 4.50. The summed E-state index contributed by atoms with van der Waals surface area (Å²) < 4.78 is 16.7. The highest BCUT2D eigenvalue weighted by Gasteiger charge is 2.19. The Morgan fingerprint density at radius 3 is 1.00 bits per heavy atom. The maximum Gasteiger partial charge on any atom is 0.306 e. The first-order valence-corrected chi connectivity index (χ1v) is 27.0. The van der Waals surface area contributed by atoms with Gasteiger partial charge in [0, 0.05) is 19.3 Å². The summed E-state index contributed by atoms with van der Waals surface area (Å²) in [7, 11) is 0. The molecule has 0 aliphatic heterocycles. The van der Waals surface area contributed by atoms with Gasteiger partial charge in [0.2, 0.25) is 0 Å². The number of carbonyl (C=O) groups is 3. The van der Waals surface area contributed by atoms with E-state index in [1.807, 2.05) is 12.2 Å². The number of hydrogen-bond donors (Lipinski definition) is 0. The van der Waals surface area contributed by atoms with Crippen molar-refractivity contribution in [3.8, 4) is 0 Å². The summed E-state index contributed by atoms with van der Waals surface area (Å²) in [5.41, 5.74) is 0. The third-order valence-electron chi connectivity index (χ3n) is 10.9. The van der Waals surface area contributed by atoms with E-state index < -0.39 is 6.10 Å². The monoisotopic (exact) mass is 927 g/mol. The smallest absolute Gasteiger partial charge is 0.306 e. The molecule has 0 radical (unpaired) electrons. The lowest BCUT2D eigenvalue weighted by atomic mass is 10.1. The number of esters is 3. The Hall–Kier alpha value is -4.19. The molecule has 0 aromatic heterocycles. The zero-order chi connectivity index (χ0) is 48.6. The van der Waals surface area contributed by atoms with E-state index in [-0.39, 0.29) is 44.0 Å². The first-order chi connectivity index (χ1) is 33.0. The van der Waals surface area contributed by atoms with E-state index in [0.717, 1.165) is 109 Å². The van der Waals surface area contributed by atoms with E-state index in [1.165, 1.54) is 70.6 Å². The van der Waals surface area contributed by atoms with Crippen LogP contribution in [0.15, 0.2) is 122 Å². The van der Waals surface area contributed by atoms with Crippen LogP contribution in [0.1, 0.15) is 226 Å². The van der Waals surface area contributed by atoms with Crippen molar-refractivity contribution in [1.29, 1.82) is 0 Å². The summed E-state index contributed by atoms with van der Waals surface area (Å²) in [5, 5.41) is 0. The predicted octanol–water partition coefficient (Wildman–Crippen LogP) is 18.1. The number of ether oxygens (including phenoxy) is 3. The van der Waals surface area contributed by atoms with E-state index in [2.05, 4.69) is 130 Å². The Morgan fingerprint density at radius 1 is 0.313 bits per heavy atom. The molecular formula is C61H98O6. The molecule has 0 aliphatic carbocycles. The second kappa shape index (κ2) is 54.4. The Bertz CT molecular complexity index is 1440. The summed E-state index contributed by atoms with van der Waals surface area (Å²) >= 11 is 0. The lowest BCUT2D eigenvalue weighted by molar-refractivity contribution is -0.166. The average molecular weight is 927 g/mol. The van der Waals surface area contributed by atoms with Gasteiger partial charge in [-0.1, -0.05) is 213 Å². The summed E-state index contributed by atoms with van der Waals surface area (Å²) in [6.07, 6.45) is 74.8. The van der Waals surface area contributed by atoms with Crippen molar-refractivity contribution >= 4 is 17.9 Å². The topological polar surface area (TPSA) is 78.9 Å². The molecule has 0 heterocycles. The lowest BCUT2D eigenvalue weighted by Crippen LogP contribution is -2.30. The van der Waals surface area contributed by atoms with Crippen molar-refractivity contribution in [3.63, 3.8) is 0 Å². The third kappa shape index (κ3) is 52.6. The normalized spacial score (nSPS) is 13.1. The van der Waals surface area contributed by atoms with Gasteiger partial charge in [-0.15, -0.1) is 0 Å². The number of unbranched alkanes of at least 4 members (excludes halogenated alkanes) is 16. The number of carbonyl (C=O) groups excluding carboxylic acids is 3. The van der Waals surface area contributed by atoms with Crippen LogP contribution >= 0.6 is 0 Å². The standard InChI is InChI=1S/C61H98O6/c1-4-7-10-13-16-19-22-25-27-29-30-32-33-36-39-42-45-48-51-54-60(63)66-57-58(56-65-59(62)53-50-47-44-41-38-35-24-21-18-15-12-9-6-3)67-61(64)55-52-49-46-43-40-37-34-31-28-26-23-20-17-14-11-8-5-2/h8-9,11-12,16-21,25-28,34-35,37-38,44,47,58H,4-7,10,13-15,22-24,29-33,36,39-43,45-46,48-57H2,1-3H3/b11-8-,12-9-,19-16-,20-17-,21-18-,27-25-,28-26-,37-34-,38-35-,47-44-. The van der Waals surface area contributed by atoms with Crippen LogP contribution in [0.3, 0.4) is 0 Å². The SMILES string of the molecule is CC/C=C\C/C=C\C/C=C\C/C=C\CCCCCCC(=O)OC(COC(=O)CC/C=C\C/C=C\C/C=C\C/C=C\CC)COC(=O)CCCCCCCCCCC/C=C\C/C=C\CCCCC.